The molecule has 2 atom stereocenters. The lowest BCUT2D eigenvalue weighted by Crippen LogP contribution is -2.38. The molecule has 1 aromatic rings. The van der Waals surface area contributed by atoms with Crippen LogP contribution in [-0.2, 0) is 0 Å². The second-order valence-corrected chi connectivity index (χ2v) is 4.21. The quantitative estimate of drug-likeness (QED) is 0.859. The van der Waals surface area contributed by atoms with Crippen molar-refractivity contribution in [2.75, 3.05) is 5.32 Å². The van der Waals surface area contributed by atoms with Crippen LogP contribution in [-0.4, -0.2) is 33.1 Å². The Bertz CT molecular complexity index is 469. The lowest BCUT2D eigenvalue weighted by Gasteiger charge is -2.32. The van der Waals surface area contributed by atoms with E-state index in [0.29, 0.717) is 6.42 Å². The highest BCUT2D eigenvalue weighted by atomic mass is 19.4. The Hall–Kier alpha value is -1.73. The van der Waals surface area contributed by atoms with E-state index < -0.39 is 18.2 Å². The summed E-state index contributed by atoms with van der Waals surface area (Å²) in [7, 11) is 0. The van der Waals surface area contributed by atoms with E-state index in [1.807, 2.05) is 0 Å². The van der Waals surface area contributed by atoms with Gasteiger partial charge in [-0.15, -0.1) is 0 Å². The largest absolute Gasteiger partial charge is 0.476 e. The maximum atomic E-state index is 12.9. The number of nitrogens with zero attached hydrogens (tertiary/aromatic N) is 2. The fraction of sp³-hybridized carbons (Fsp3) is 0.600. The molecule has 0 fully saturated rings. The van der Waals surface area contributed by atoms with Crippen LogP contribution in [0.15, 0.2) is 6.07 Å². The molecule has 0 radical (unpaired) electrons. The summed E-state index contributed by atoms with van der Waals surface area (Å²) in [6.45, 7) is 1.77. The van der Waals surface area contributed by atoms with Crippen LogP contribution >= 0.6 is 0 Å². The topological polar surface area (TPSA) is 67.2 Å². The van der Waals surface area contributed by atoms with Crippen molar-refractivity contribution in [3.63, 3.8) is 0 Å². The van der Waals surface area contributed by atoms with Crippen molar-refractivity contribution in [3.8, 4) is 0 Å². The van der Waals surface area contributed by atoms with Gasteiger partial charge in [0.15, 0.2) is 11.7 Å². The van der Waals surface area contributed by atoms with Crippen LogP contribution in [0.4, 0.5) is 19.0 Å². The van der Waals surface area contributed by atoms with Crippen molar-refractivity contribution < 1.29 is 23.1 Å². The summed E-state index contributed by atoms with van der Waals surface area (Å²) in [6.07, 6.45) is -4.06. The third-order valence-electron chi connectivity index (χ3n) is 2.98. The molecule has 100 valence electrons. The molecule has 0 aliphatic carbocycles. The molecule has 1 aliphatic heterocycles. The molecule has 8 heteroatoms. The average molecular weight is 263 g/mol. The number of fused-ring (bicyclic) bond motifs is 1. The summed E-state index contributed by atoms with van der Waals surface area (Å²) in [5.74, 6) is -1.24. The van der Waals surface area contributed by atoms with Gasteiger partial charge in [0.2, 0.25) is 0 Å². The number of halogens is 3. The summed E-state index contributed by atoms with van der Waals surface area (Å²) in [5, 5.41) is 15.1. The molecule has 2 rings (SSSR count). The second kappa shape index (κ2) is 4.18. The van der Waals surface area contributed by atoms with E-state index in [2.05, 4.69) is 10.4 Å². The minimum atomic E-state index is -4.44. The van der Waals surface area contributed by atoms with Crippen LogP contribution in [0.5, 0.6) is 0 Å². The molecule has 0 saturated carbocycles. The SMILES string of the molecule is CC[C@@H]1C[C@@H](C(F)(F)F)n2nc(C(=O)O)cc2N1. The predicted octanol–water partition coefficient (Wildman–Crippen LogP) is 2.28. The summed E-state index contributed by atoms with van der Waals surface area (Å²) >= 11 is 0. The first-order chi connectivity index (χ1) is 8.32. The number of nitrogens with one attached hydrogen (secondary N) is 1. The van der Waals surface area contributed by atoms with E-state index >= 15 is 0 Å². The smallest absolute Gasteiger partial charge is 0.410 e. The number of carbonyl (C=O) groups is 1. The van der Waals surface area contributed by atoms with Crippen LogP contribution in [0.2, 0.25) is 0 Å². The van der Waals surface area contributed by atoms with Gasteiger partial charge < -0.3 is 10.4 Å². The van der Waals surface area contributed by atoms with Crippen LogP contribution in [0.1, 0.15) is 36.3 Å². The van der Waals surface area contributed by atoms with Crippen LogP contribution in [0, 0.1) is 0 Å². The molecule has 0 unspecified atom stereocenters. The number of aromatic carboxylic acids is 1. The van der Waals surface area contributed by atoms with Gasteiger partial charge in [0.05, 0.1) is 0 Å². The number of hydrogen-bond donors (Lipinski definition) is 2. The van der Waals surface area contributed by atoms with Crippen LogP contribution in [0.3, 0.4) is 0 Å². The second-order valence-electron chi connectivity index (χ2n) is 4.21. The molecule has 18 heavy (non-hydrogen) atoms. The molecule has 1 aliphatic rings. The summed E-state index contributed by atoms with van der Waals surface area (Å²) in [6, 6.07) is -0.975. The Morgan fingerprint density at radius 3 is 2.83 bits per heavy atom. The molecule has 0 bridgehead atoms. The van der Waals surface area contributed by atoms with E-state index in [1.165, 1.54) is 0 Å². The lowest BCUT2D eigenvalue weighted by molar-refractivity contribution is -0.173. The van der Waals surface area contributed by atoms with E-state index in [0.717, 1.165) is 10.7 Å². The fourth-order valence-electron chi connectivity index (χ4n) is 2.02. The van der Waals surface area contributed by atoms with Crippen molar-refractivity contribution in [3.05, 3.63) is 11.8 Å². The highest BCUT2D eigenvalue weighted by Crippen LogP contribution is 2.39. The lowest BCUT2D eigenvalue weighted by atomic mass is 10.0. The molecule has 0 aromatic carbocycles. The van der Waals surface area contributed by atoms with E-state index in [9.17, 15) is 18.0 Å². The summed E-state index contributed by atoms with van der Waals surface area (Å²) in [4.78, 5) is 10.7. The first kappa shape index (κ1) is 12.7. The number of carboxylic acids is 1. The molecule has 0 spiro atoms. The molecule has 2 N–H and O–H groups in total. The van der Waals surface area contributed by atoms with Gasteiger partial charge in [0.1, 0.15) is 5.82 Å². The van der Waals surface area contributed by atoms with Gasteiger partial charge >= 0.3 is 12.1 Å². The molecule has 5 nitrogen and oxygen atoms in total. The van der Waals surface area contributed by atoms with Crippen molar-refractivity contribution >= 4 is 11.8 Å². The predicted molar refractivity (Wildman–Crippen MR) is 56.6 cm³/mol. The number of rotatable bonds is 2. The van der Waals surface area contributed by atoms with Gasteiger partial charge in [0, 0.05) is 12.1 Å². The first-order valence-corrected chi connectivity index (χ1v) is 5.49. The van der Waals surface area contributed by atoms with E-state index in [1.54, 1.807) is 6.92 Å². The van der Waals surface area contributed by atoms with Gasteiger partial charge in [-0.1, -0.05) is 6.92 Å². The van der Waals surface area contributed by atoms with Gasteiger partial charge in [-0.3, -0.25) is 0 Å². The Morgan fingerprint density at radius 2 is 2.33 bits per heavy atom. The highest BCUT2D eigenvalue weighted by molar-refractivity contribution is 5.86. The summed E-state index contributed by atoms with van der Waals surface area (Å²) < 4.78 is 39.4. The maximum Gasteiger partial charge on any atom is 0.410 e. The minimum absolute atomic E-state index is 0.104. The number of hydrogen-bond acceptors (Lipinski definition) is 3. The molecule has 0 saturated heterocycles. The van der Waals surface area contributed by atoms with Crippen molar-refractivity contribution in [2.45, 2.75) is 38.0 Å². The highest BCUT2D eigenvalue weighted by Gasteiger charge is 2.46. The molecule has 0 amide bonds. The van der Waals surface area contributed by atoms with Gasteiger partial charge in [0.25, 0.3) is 0 Å². The zero-order chi connectivity index (χ0) is 13.5. The van der Waals surface area contributed by atoms with Gasteiger partial charge in [-0.05, 0) is 12.8 Å². The molecular formula is C10H12F3N3O2. The molecule has 1 aromatic heterocycles. The number of anilines is 1. The summed E-state index contributed by atoms with van der Waals surface area (Å²) in [5.41, 5.74) is -0.386. The standard InChI is InChI=1S/C10H12F3N3O2/c1-2-5-3-7(10(11,12)13)16-8(14-5)4-6(15-16)9(17)18/h4-5,7,14H,2-3H2,1H3,(H,17,18)/t5-,7+/m1/s1. The van der Waals surface area contributed by atoms with Crippen molar-refractivity contribution in [2.24, 2.45) is 0 Å². The fourth-order valence-corrected chi connectivity index (χ4v) is 2.02. The zero-order valence-electron chi connectivity index (χ0n) is 9.53. The van der Waals surface area contributed by atoms with E-state index in [4.69, 9.17) is 5.11 Å². The third-order valence-corrected chi connectivity index (χ3v) is 2.98. The van der Waals surface area contributed by atoms with Crippen molar-refractivity contribution in [1.29, 1.82) is 0 Å². The maximum absolute atomic E-state index is 12.9. The normalized spacial score (nSPS) is 23.3. The molecular weight excluding hydrogens is 251 g/mol. The number of alkyl halides is 3. The van der Waals surface area contributed by atoms with Crippen LogP contribution in [0.25, 0.3) is 0 Å². The monoisotopic (exact) mass is 263 g/mol. The Labute approximate surface area is 101 Å². The third kappa shape index (κ3) is 2.14. The van der Waals surface area contributed by atoms with Gasteiger partial charge in [-0.25, -0.2) is 9.48 Å². The van der Waals surface area contributed by atoms with Crippen LogP contribution < -0.4 is 5.32 Å². The average Bonchev–Trinajstić information content (AvgIpc) is 2.69. The number of aromatic nitrogens is 2. The Kier molecular flexibility index (Phi) is 2.95. The Balaban J connectivity index is 2.43. The number of carboxylic acid groups (broad SMARTS) is 1. The van der Waals surface area contributed by atoms with E-state index in [-0.39, 0.29) is 24.0 Å². The van der Waals surface area contributed by atoms with Crippen molar-refractivity contribution in [1.82, 2.24) is 9.78 Å². The zero-order valence-corrected chi connectivity index (χ0v) is 9.53. The minimum Gasteiger partial charge on any atom is -0.476 e. The Morgan fingerprint density at radius 1 is 1.67 bits per heavy atom. The first-order valence-electron chi connectivity index (χ1n) is 5.49. The van der Waals surface area contributed by atoms with Gasteiger partial charge in [-0.2, -0.15) is 18.3 Å². The molecule has 2 heterocycles.